The van der Waals surface area contributed by atoms with Gasteiger partial charge in [-0.3, -0.25) is 0 Å². The van der Waals surface area contributed by atoms with Gasteiger partial charge in [-0.05, 0) is 90.2 Å². The van der Waals surface area contributed by atoms with Crippen molar-refractivity contribution in [1.29, 1.82) is 0 Å². The second-order valence-corrected chi connectivity index (χ2v) is 22.2. The van der Waals surface area contributed by atoms with Crippen LogP contribution < -0.4 is 0 Å². The molecule has 8 aromatic carbocycles. The Morgan fingerprint density at radius 2 is 0.578 bits per heavy atom. The van der Waals surface area contributed by atoms with Crippen LogP contribution in [0.15, 0.2) is 121 Å². The standard InChI is InChI=1S/2C30H33.C2H6Si.Zr/c2*1-19-10-20(2)13-24(12-19)26-8-9-27(25-14-21(3)11-22(4)15-25)29-17-23(16-28(26)29)18-30(5,6)7;1-3-2;/h2*8-17H,18H2,1-7H3;1-2H3;/q2*-1;;+2. The molecule has 0 saturated carbocycles. The molecule has 64 heavy (non-hydrogen) atoms. The monoisotopic (exact) mass is 934 g/mol. The summed E-state index contributed by atoms with van der Waals surface area (Å²) in [7, 11) is 1.08. The minimum absolute atomic E-state index is 0. The van der Waals surface area contributed by atoms with E-state index in [-0.39, 0.29) is 37.0 Å². The van der Waals surface area contributed by atoms with Crippen molar-refractivity contribution in [1.82, 2.24) is 0 Å². The van der Waals surface area contributed by atoms with E-state index in [1.54, 1.807) is 0 Å². The van der Waals surface area contributed by atoms with Gasteiger partial charge < -0.3 is 0 Å². The molecule has 0 heterocycles. The molecule has 0 aliphatic heterocycles. The molecule has 0 unspecified atom stereocenters. The summed E-state index contributed by atoms with van der Waals surface area (Å²) in [5, 5.41) is 5.48. The summed E-state index contributed by atoms with van der Waals surface area (Å²) < 4.78 is 0. The van der Waals surface area contributed by atoms with Gasteiger partial charge in [0.15, 0.2) is 0 Å². The number of benzene rings is 6. The molecule has 0 bridgehead atoms. The normalized spacial score (nSPS) is 11.5. The van der Waals surface area contributed by atoms with Crippen molar-refractivity contribution >= 4 is 31.1 Å². The molecule has 0 amide bonds. The van der Waals surface area contributed by atoms with E-state index in [0.29, 0.717) is 0 Å². The van der Waals surface area contributed by atoms with Crippen molar-refractivity contribution in [3.63, 3.8) is 0 Å². The average molecular weight is 937 g/mol. The van der Waals surface area contributed by atoms with Crippen molar-refractivity contribution in [2.75, 3.05) is 0 Å². The Kier molecular flexibility index (Phi) is 16.5. The molecule has 0 N–H and O–H groups in total. The Morgan fingerprint density at radius 1 is 0.359 bits per heavy atom. The Bertz CT molecular complexity index is 2420. The minimum atomic E-state index is 0. The van der Waals surface area contributed by atoms with Crippen LogP contribution >= 0.6 is 0 Å². The Morgan fingerprint density at radius 3 is 0.812 bits per heavy atom. The summed E-state index contributed by atoms with van der Waals surface area (Å²) in [5.74, 6) is 0. The van der Waals surface area contributed by atoms with E-state index < -0.39 is 0 Å². The first kappa shape index (κ1) is 50.6. The topological polar surface area (TPSA) is 0 Å². The molecule has 8 rings (SSSR count). The molecular weight excluding hydrogens is 864 g/mol. The molecule has 0 aliphatic carbocycles. The van der Waals surface area contributed by atoms with Crippen LogP contribution in [-0.4, -0.2) is 9.52 Å². The van der Waals surface area contributed by atoms with Crippen LogP contribution in [0.3, 0.4) is 0 Å². The summed E-state index contributed by atoms with van der Waals surface area (Å²) in [4.78, 5) is 0. The van der Waals surface area contributed by atoms with Crippen molar-refractivity contribution < 1.29 is 26.2 Å². The molecule has 0 nitrogen and oxygen atoms in total. The van der Waals surface area contributed by atoms with Gasteiger partial charge in [0.1, 0.15) is 0 Å². The summed E-state index contributed by atoms with van der Waals surface area (Å²) in [6.07, 6.45) is 2.17. The van der Waals surface area contributed by atoms with Gasteiger partial charge in [0.05, 0.1) is 0 Å². The second-order valence-electron chi connectivity index (χ2n) is 21.2. The van der Waals surface area contributed by atoms with E-state index in [0.717, 1.165) is 22.4 Å². The van der Waals surface area contributed by atoms with Crippen molar-refractivity contribution in [2.24, 2.45) is 10.8 Å². The van der Waals surface area contributed by atoms with E-state index >= 15 is 0 Å². The Balaban J connectivity index is 0.000000224. The maximum Gasteiger partial charge on any atom is 2.00 e. The molecule has 2 radical (unpaired) electrons. The fraction of sp³-hybridized carbons (Fsp3) is 0.323. The molecule has 0 spiro atoms. The van der Waals surface area contributed by atoms with Crippen molar-refractivity contribution in [2.45, 2.75) is 123 Å². The van der Waals surface area contributed by atoms with Crippen molar-refractivity contribution in [3.8, 4) is 44.5 Å². The maximum atomic E-state index is 2.43. The van der Waals surface area contributed by atoms with E-state index in [9.17, 15) is 0 Å². The van der Waals surface area contributed by atoms with Gasteiger partial charge in [0, 0.05) is 9.52 Å². The third-order valence-corrected chi connectivity index (χ3v) is 11.5. The van der Waals surface area contributed by atoms with Crippen LogP contribution in [0.2, 0.25) is 13.1 Å². The SMILES string of the molecule is C[Si]C.Cc1cc(C)cc(-c2ccc(-c3cc(C)cc(C)c3)c3[cH-]c(CC(C)(C)C)cc23)c1.Cc1cc(C)cc(-c2ccc(-c3cc(C)cc(C)c3)c3[cH-]c(CC(C)(C)C)cc23)c1.[Zr+2]. The van der Waals surface area contributed by atoms with Gasteiger partial charge in [-0.15, -0.1) is 44.8 Å². The summed E-state index contributed by atoms with van der Waals surface area (Å²) in [6.45, 7) is 35.7. The summed E-state index contributed by atoms with van der Waals surface area (Å²) in [6, 6.07) is 46.5. The number of rotatable bonds is 6. The van der Waals surface area contributed by atoms with Crippen LogP contribution in [0.1, 0.15) is 97.2 Å². The number of fused-ring (bicyclic) bond motifs is 2. The predicted molar refractivity (Wildman–Crippen MR) is 283 cm³/mol. The average Bonchev–Trinajstić information content (AvgIpc) is 3.75. The van der Waals surface area contributed by atoms with Gasteiger partial charge in [0.2, 0.25) is 0 Å². The molecule has 2 heteroatoms. The fourth-order valence-corrected chi connectivity index (χ4v) is 9.68. The van der Waals surface area contributed by atoms with Gasteiger partial charge in [0.25, 0.3) is 0 Å². The molecule has 0 aromatic heterocycles. The molecule has 328 valence electrons. The Hall–Kier alpha value is -4.36. The predicted octanol–water partition coefficient (Wildman–Crippen LogP) is 18.2. The number of hydrogen-bond donors (Lipinski definition) is 0. The van der Waals surface area contributed by atoms with Crippen LogP contribution in [0.5, 0.6) is 0 Å². The van der Waals surface area contributed by atoms with Gasteiger partial charge >= 0.3 is 26.2 Å². The van der Waals surface area contributed by atoms with E-state index in [4.69, 9.17) is 0 Å². The first-order chi connectivity index (χ1) is 29.6. The van der Waals surface area contributed by atoms with Crippen LogP contribution in [0, 0.1) is 66.2 Å². The third kappa shape index (κ3) is 12.9. The second kappa shape index (κ2) is 20.9. The van der Waals surface area contributed by atoms with Crippen LogP contribution in [0.4, 0.5) is 0 Å². The summed E-state index contributed by atoms with van der Waals surface area (Å²) in [5.41, 5.74) is 24.6. The number of aryl methyl sites for hydroxylation is 8. The van der Waals surface area contributed by atoms with Crippen LogP contribution in [0.25, 0.3) is 66.1 Å². The largest absolute Gasteiger partial charge is 2.00 e. The van der Waals surface area contributed by atoms with E-state index in [1.807, 2.05) is 0 Å². The zero-order valence-corrected chi connectivity index (χ0v) is 45.4. The smallest absolute Gasteiger partial charge is 0.164 e. The maximum absolute atomic E-state index is 2.43. The van der Waals surface area contributed by atoms with Gasteiger partial charge in [-0.2, -0.15) is 12.1 Å². The zero-order valence-electron chi connectivity index (χ0n) is 42.0. The van der Waals surface area contributed by atoms with E-state index in [2.05, 4.69) is 231 Å². The molecule has 0 aliphatic rings. The van der Waals surface area contributed by atoms with Crippen LogP contribution in [-0.2, 0) is 39.0 Å². The zero-order chi connectivity index (χ0) is 46.0. The third-order valence-electron chi connectivity index (χ3n) is 11.5. The molecule has 0 saturated heterocycles. The molecule has 8 aromatic rings. The van der Waals surface area contributed by atoms with E-state index in [1.165, 1.54) is 122 Å². The fourth-order valence-electron chi connectivity index (χ4n) is 9.68. The first-order valence-electron chi connectivity index (χ1n) is 23.0. The molecule has 0 fully saturated rings. The first-order valence-corrected chi connectivity index (χ1v) is 25.0. The summed E-state index contributed by atoms with van der Waals surface area (Å²) >= 11 is 0. The minimum Gasteiger partial charge on any atom is -0.164 e. The van der Waals surface area contributed by atoms with Gasteiger partial charge in [-0.1, -0.05) is 230 Å². The molecule has 0 atom stereocenters. The van der Waals surface area contributed by atoms with Gasteiger partial charge in [-0.25, -0.2) is 0 Å². The quantitative estimate of drug-likeness (QED) is 0.115. The number of hydrogen-bond acceptors (Lipinski definition) is 0. The van der Waals surface area contributed by atoms with Crippen molar-refractivity contribution in [3.05, 3.63) is 177 Å². The Labute approximate surface area is 409 Å². The molecular formula is C62H72SiZr.